The molecule has 4 heteroatoms. The van der Waals surface area contributed by atoms with Crippen molar-refractivity contribution in [1.82, 2.24) is 4.98 Å². The summed E-state index contributed by atoms with van der Waals surface area (Å²) in [7, 11) is 0. The number of nitrogen functional groups attached to an aromatic ring is 1. The van der Waals surface area contributed by atoms with Gasteiger partial charge in [0.1, 0.15) is 0 Å². The molecule has 2 aromatic rings. The van der Waals surface area contributed by atoms with Crippen molar-refractivity contribution in [1.29, 1.82) is 0 Å². The van der Waals surface area contributed by atoms with Gasteiger partial charge < -0.3 is 5.73 Å². The van der Waals surface area contributed by atoms with Crippen LogP contribution in [0.15, 0.2) is 18.2 Å². The van der Waals surface area contributed by atoms with E-state index < -0.39 is 0 Å². The van der Waals surface area contributed by atoms with Gasteiger partial charge in [0.25, 0.3) is 0 Å². The van der Waals surface area contributed by atoms with Gasteiger partial charge in [-0.15, -0.1) is 11.3 Å². The van der Waals surface area contributed by atoms with E-state index in [1.165, 1.54) is 16.0 Å². The van der Waals surface area contributed by atoms with Gasteiger partial charge in [0, 0.05) is 16.3 Å². The Morgan fingerprint density at radius 3 is 2.72 bits per heavy atom. The van der Waals surface area contributed by atoms with E-state index in [0.29, 0.717) is 11.0 Å². The SMILES string of the molecule is Cc1cccc(Cl)c1Cc1sc(N)nc1C(C)C. The van der Waals surface area contributed by atoms with Crippen LogP contribution in [0.4, 0.5) is 5.13 Å². The van der Waals surface area contributed by atoms with E-state index in [4.69, 9.17) is 17.3 Å². The second-order valence-corrected chi connectivity index (χ2v) is 6.25. The molecule has 2 rings (SSSR count). The summed E-state index contributed by atoms with van der Waals surface area (Å²) >= 11 is 7.83. The molecule has 0 saturated heterocycles. The number of rotatable bonds is 3. The third-order valence-electron chi connectivity index (χ3n) is 2.98. The van der Waals surface area contributed by atoms with Gasteiger partial charge in [0.2, 0.25) is 0 Å². The van der Waals surface area contributed by atoms with Gasteiger partial charge in [0.05, 0.1) is 5.69 Å². The van der Waals surface area contributed by atoms with Crippen molar-refractivity contribution in [3.8, 4) is 0 Å². The predicted octanol–water partition coefficient (Wildman–Crippen LogP) is 4.40. The monoisotopic (exact) mass is 280 g/mol. The number of aromatic nitrogens is 1. The fourth-order valence-electron chi connectivity index (χ4n) is 2.01. The van der Waals surface area contributed by atoms with E-state index in [0.717, 1.165) is 17.1 Å². The second-order valence-electron chi connectivity index (χ2n) is 4.73. The van der Waals surface area contributed by atoms with Gasteiger partial charge in [-0.2, -0.15) is 0 Å². The third-order valence-corrected chi connectivity index (χ3v) is 4.24. The molecule has 1 aromatic heterocycles. The summed E-state index contributed by atoms with van der Waals surface area (Å²) in [5.41, 5.74) is 9.30. The molecule has 0 atom stereocenters. The molecule has 96 valence electrons. The second kappa shape index (κ2) is 5.29. The molecule has 0 bridgehead atoms. The number of halogens is 1. The van der Waals surface area contributed by atoms with Gasteiger partial charge in [-0.3, -0.25) is 0 Å². The van der Waals surface area contributed by atoms with Crippen molar-refractivity contribution in [2.24, 2.45) is 0 Å². The van der Waals surface area contributed by atoms with Crippen molar-refractivity contribution in [2.45, 2.75) is 33.1 Å². The van der Waals surface area contributed by atoms with Crippen LogP contribution in [0.1, 0.15) is 41.5 Å². The summed E-state index contributed by atoms with van der Waals surface area (Å²) in [6.07, 6.45) is 0.813. The van der Waals surface area contributed by atoms with Crippen molar-refractivity contribution in [2.75, 3.05) is 5.73 Å². The van der Waals surface area contributed by atoms with Gasteiger partial charge in [-0.05, 0) is 30.0 Å². The molecule has 0 spiro atoms. The van der Waals surface area contributed by atoms with Crippen molar-refractivity contribution in [3.63, 3.8) is 0 Å². The van der Waals surface area contributed by atoms with Crippen LogP contribution in [0.3, 0.4) is 0 Å². The Labute approximate surface area is 117 Å². The summed E-state index contributed by atoms with van der Waals surface area (Å²) < 4.78 is 0. The van der Waals surface area contributed by atoms with Crippen LogP contribution in [0.2, 0.25) is 5.02 Å². The first-order chi connectivity index (χ1) is 8.49. The lowest BCUT2D eigenvalue weighted by Gasteiger charge is -2.09. The van der Waals surface area contributed by atoms with E-state index in [-0.39, 0.29) is 0 Å². The van der Waals surface area contributed by atoms with E-state index in [1.807, 2.05) is 12.1 Å². The van der Waals surface area contributed by atoms with Crippen molar-refractivity contribution >= 4 is 28.1 Å². The molecule has 0 saturated carbocycles. The van der Waals surface area contributed by atoms with Crippen LogP contribution >= 0.6 is 22.9 Å². The first-order valence-electron chi connectivity index (χ1n) is 5.98. The van der Waals surface area contributed by atoms with Crippen LogP contribution in [0.25, 0.3) is 0 Å². The van der Waals surface area contributed by atoms with Gasteiger partial charge >= 0.3 is 0 Å². The topological polar surface area (TPSA) is 38.9 Å². The number of nitrogens with zero attached hydrogens (tertiary/aromatic N) is 1. The minimum Gasteiger partial charge on any atom is -0.375 e. The summed E-state index contributed by atoms with van der Waals surface area (Å²) in [4.78, 5) is 5.64. The predicted molar refractivity (Wildman–Crippen MR) is 79.6 cm³/mol. The molecule has 0 radical (unpaired) electrons. The van der Waals surface area contributed by atoms with Crippen LogP contribution < -0.4 is 5.73 Å². The molecule has 0 fully saturated rings. The van der Waals surface area contributed by atoms with E-state index in [9.17, 15) is 0 Å². The molecule has 1 heterocycles. The van der Waals surface area contributed by atoms with Crippen LogP contribution in [0, 0.1) is 6.92 Å². The summed E-state index contributed by atoms with van der Waals surface area (Å²) in [5, 5.41) is 1.45. The number of hydrogen-bond acceptors (Lipinski definition) is 3. The minimum absolute atomic E-state index is 0.386. The Kier molecular flexibility index (Phi) is 3.93. The van der Waals surface area contributed by atoms with Gasteiger partial charge in [-0.25, -0.2) is 4.98 Å². The Hall–Kier alpha value is -1.06. The molecular formula is C14H17ClN2S. The molecule has 0 aliphatic carbocycles. The number of anilines is 1. The zero-order chi connectivity index (χ0) is 13.3. The molecular weight excluding hydrogens is 264 g/mol. The fourth-order valence-corrected chi connectivity index (χ4v) is 3.30. The zero-order valence-corrected chi connectivity index (χ0v) is 12.4. The van der Waals surface area contributed by atoms with E-state index in [1.54, 1.807) is 11.3 Å². The van der Waals surface area contributed by atoms with Gasteiger partial charge in [-0.1, -0.05) is 37.6 Å². The molecule has 0 aliphatic heterocycles. The highest BCUT2D eigenvalue weighted by Gasteiger charge is 2.15. The maximum absolute atomic E-state index is 6.27. The number of aryl methyl sites for hydroxylation is 1. The van der Waals surface area contributed by atoms with Crippen LogP contribution in [-0.2, 0) is 6.42 Å². The van der Waals surface area contributed by atoms with E-state index in [2.05, 4.69) is 31.8 Å². The van der Waals surface area contributed by atoms with E-state index >= 15 is 0 Å². The van der Waals surface area contributed by atoms with Crippen molar-refractivity contribution in [3.05, 3.63) is 44.9 Å². The molecule has 2 N–H and O–H groups in total. The Morgan fingerprint density at radius 2 is 2.11 bits per heavy atom. The molecule has 0 aliphatic rings. The van der Waals surface area contributed by atoms with Crippen LogP contribution in [-0.4, -0.2) is 4.98 Å². The summed E-state index contributed by atoms with van der Waals surface area (Å²) in [6.45, 7) is 6.36. The lowest BCUT2D eigenvalue weighted by Crippen LogP contribution is -1.97. The molecule has 2 nitrogen and oxygen atoms in total. The quantitative estimate of drug-likeness (QED) is 0.905. The standard InChI is InChI=1S/C14H17ClN2S/c1-8(2)13-12(18-14(16)17-13)7-10-9(3)5-4-6-11(10)15/h4-6,8H,7H2,1-3H3,(H2,16,17). The highest BCUT2D eigenvalue weighted by molar-refractivity contribution is 7.15. The normalized spacial score (nSPS) is 11.2. The molecule has 18 heavy (non-hydrogen) atoms. The minimum atomic E-state index is 0.386. The fraction of sp³-hybridized carbons (Fsp3) is 0.357. The highest BCUT2D eigenvalue weighted by atomic mass is 35.5. The highest BCUT2D eigenvalue weighted by Crippen LogP contribution is 2.31. The third kappa shape index (κ3) is 2.68. The summed E-state index contributed by atoms with van der Waals surface area (Å²) in [5.74, 6) is 0.386. The number of thiazole rings is 1. The molecule has 0 amide bonds. The summed E-state index contributed by atoms with van der Waals surface area (Å²) in [6, 6.07) is 6.00. The largest absolute Gasteiger partial charge is 0.375 e. The number of hydrogen-bond donors (Lipinski definition) is 1. The lowest BCUT2D eigenvalue weighted by molar-refractivity contribution is 0.820. The smallest absolute Gasteiger partial charge is 0.180 e. The van der Waals surface area contributed by atoms with Crippen LogP contribution in [0.5, 0.6) is 0 Å². The average molecular weight is 281 g/mol. The average Bonchev–Trinajstić information content (AvgIpc) is 2.65. The molecule has 0 unspecified atom stereocenters. The Morgan fingerprint density at radius 1 is 1.39 bits per heavy atom. The Bertz CT molecular complexity index is 541. The van der Waals surface area contributed by atoms with Gasteiger partial charge in [0.15, 0.2) is 5.13 Å². The number of benzene rings is 1. The Balaban J connectivity index is 2.40. The number of nitrogens with two attached hydrogens (primary N) is 1. The maximum Gasteiger partial charge on any atom is 0.180 e. The first-order valence-corrected chi connectivity index (χ1v) is 7.17. The zero-order valence-electron chi connectivity index (χ0n) is 10.8. The maximum atomic E-state index is 6.27. The molecule has 1 aromatic carbocycles. The first kappa shape index (κ1) is 13.4. The lowest BCUT2D eigenvalue weighted by atomic mass is 10.0. The van der Waals surface area contributed by atoms with Crippen molar-refractivity contribution < 1.29 is 0 Å².